The van der Waals surface area contributed by atoms with Crippen molar-refractivity contribution in [2.75, 3.05) is 13.7 Å². The summed E-state index contributed by atoms with van der Waals surface area (Å²) in [7, 11) is 1.18. The van der Waals surface area contributed by atoms with Crippen LogP contribution in [0, 0.1) is 0 Å². The zero-order valence-electron chi connectivity index (χ0n) is 9.66. The van der Waals surface area contributed by atoms with Crippen molar-refractivity contribution in [2.24, 2.45) is 0 Å². The Hall–Kier alpha value is -1.04. The minimum absolute atomic E-state index is 0.156. The Labute approximate surface area is 118 Å². The lowest BCUT2D eigenvalue weighted by Gasteiger charge is -2.04. The molecule has 0 aromatic carbocycles. The van der Waals surface area contributed by atoms with Crippen LogP contribution < -0.4 is 0 Å². The van der Waals surface area contributed by atoms with Crippen LogP contribution in [0.4, 0.5) is 0 Å². The standard InChI is InChI=1S/C11H10Cl2O4S/c1-3-17-5-7(11(15)16-2)9(14)6-4-8(12)18-10(6)13/h4-5H,3H2,1-2H3. The molecule has 0 saturated carbocycles. The van der Waals surface area contributed by atoms with E-state index in [-0.39, 0.29) is 15.5 Å². The summed E-state index contributed by atoms with van der Waals surface area (Å²) in [5.41, 5.74) is -0.0706. The summed E-state index contributed by atoms with van der Waals surface area (Å²) in [5.74, 6) is -1.37. The van der Waals surface area contributed by atoms with Gasteiger partial charge in [0.1, 0.15) is 16.2 Å². The van der Waals surface area contributed by atoms with Gasteiger partial charge in [0.15, 0.2) is 0 Å². The molecule has 0 aliphatic heterocycles. The Kier molecular flexibility index (Phi) is 5.65. The predicted octanol–water partition coefficient (Wildman–Crippen LogP) is 3.33. The first kappa shape index (κ1) is 15.0. The first-order valence-electron chi connectivity index (χ1n) is 4.90. The third-order valence-corrected chi connectivity index (χ3v) is 3.41. The normalized spacial score (nSPS) is 11.2. The van der Waals surface area contributed by atoms with E-state index in [0.29, 0.717) is 10.9 Å². The van der Waals surface area contributed by atoms with Gasteiger partial charge < -0.3 is 9.47 Å². The number of carbonyl (C=O) groups is 2. The minimum Gasteiger partial charge on any atom is -0.500 e. The summed E-state index contributed by atoms with van der Waals surface area (Å²) in [6, 6.07) is 1.40. The molecule has 7 heteroatoms. The van der Waals surface area contributed by atoms with E-state index in [0.717, 1.165) is 17.6 Å². The highest BCUT2D eigenvalue weighted by atomic mass is 35.5. The summed E-state index contributed by atoms with van der Waals surface area (Å²) in [5, 5.41) is 0. The quantitative estimate of drug-likeness (QED) is 0.209. The lowest BCUT2D eigenvalue weighted by Crippen LogP contribution is -2.15. The van der Waals surface area contributed by atoms with Gasteiger partial charge in [0.2, 0.25) is 5.78 Å². The number of ketones is 1. The van der Waals surface area contributed by atoms with Crippen molar-refractivity contribution in [1.82, 2.24) is 0 Å². The van der Waals surface area contributed by atoms with Crippen LogP contribution in [-0.4, -0.2) is 25.5 Å². The third kappa shape index (κ3) is 3.48. The monoisotopic (exact) mass is 308 g/mol. The van der Waals surface area contributed by atoms with E-state index in [9.17, 15) is 9.59 Å². The van der Waals surface area contributed by atoms with Gasteiger partial charge in [-0.25, -0.2) is 4.79 Å². The van der Waals surface area contributed by atoms with Crippen molar-refractivity contribution < 1.29 is 19.1 Å². The van der Waals surface area contributed by atoms with E-state index >= 15 is 0 Å². The second-order valence-corrected chi connectivity index (χ2v) is 5.33. The average Bonchev–Trinajstić information content (AvgIpc) is 2.68. The molecular weight excluding hydrogens is 299 g/mol. The fourth-order valence-electron chi connectivity index (χ4n) is 1.11. The van der Waals surface area contributed by atoms with Gasteiger partial charge in [0.25, 0.3) is 0 Å². The third-order valence-electron chi connectivity index (χ3n) is 1.92. The molecule has 0 atom stereocenters. The lowest BCUT2D eigenvalue weighted by atomic mass is 10.1. The van der Waals surface area contributed by atoms with E-state index in [2.05, 4.69) is 4.74 Å². The molecule has 4 nitrogen and oxygen atoms in total. The molecule has 1 heterocycles. The number of methoxy groups -OCH3 is 1. The molecule has 0 bridgehead atoms. The number of hydrogen-bond donors (Lipinski definition) is 0. The number of Topliss-reactive ketones (excluding diaryl/α,β-unsaturated/α-hetero) is 1. The maximum atomic E-state index is 12.1. The number of halogens is 2. The van der Waals surface area contributed by atoms with E-state index in [1.165, 1.54) is 13.2 Å². The molecule has 18 heavy (non-hydrogen) atoms. The fraction of sp³-hybridized carbons (Fsp3) is 0.273. The Morgan fingerprint density at radius 1 is 1.44 bits per heavy atom. The fourth-order valence-corrected chi connectivity index (χ4v) is 2.57. The van der Waals surface area contributed by atoms with Gasteiger partial charge in [-0.2, -0.15) is 0 Å². The average molecular weight is 309 g/mol. The SMILES string of the molecule is CCOC=C(C(=O)OC)C(=O)c1cc(Cl)sc1Cl. The van der Waals surface area contributed by atoms with Crippen LogP contribution in [0.3, 0.4) is 0 Å². The highest BCUT2D eigenvalue weighted by molar-refractivity contribution is 7.20. The molecule has 0 aliphatic carbocycles. The zero-order valence-corrected chi connectivity index (χ0v) is 12.0. The number of carbonyl (C=O) groups excluding carboxylic acids is 2. The van der Waals surface area contributed by atoms with E-state index < -0.39 is 11.8 Å². The molecule has 0 N–H and O–H groups in total. The number of esters is 1. The van der Waals surface area contributed by atoms with Gasteiger partial charge in [-0.05, 0) is 13.0 Å². The van der Waals surface area contributed by atoms with E-state index in [4.69, 9.17) is 27.9 Å². The second kappa shape index (κ2) is 6.78. The topological polar surface area (TPSA) is 52.6 Å². The van der Waals surface area contributed by atoms with Crippen molar-refractivity contribution in [1.29, 1.82) is 0 Å². The Morgan fingerprint density at radius 2 is 2.11 bits per heavy atom. The van der Waals surface area contributed by atoms with Crippen molar-refractivity contribution >= 4 is 46.3 Å². The largest absolute Gasteiger partial charge is 0.500 e. The first-order valence-corrected chi connectivity index (χ1v) is 6.48. The van der Waals surface area contributed by atoms with Gasteiger partial charge in [-0.15, -0.1) is 11.3 Å². The van der Waals surface area contributed by atoms with Crippen LogP contribution in [0.15, 0.2) is 17.9 Å². The van der Waals surface area contributed by atoms with Gasteiger partial charge in [-0.1, -0.05) is 23.2 Å². The van der Waals surface area contributed by atoms with E-state index in [1.807, 2.05) is 0 Å². The van der Waals surface area contributed by atoms with Crippen LogP contribution in [0.1, 0.15) is 17.3 Å². The van der Waals surface area contributed by atoms with Crippen LogP contribution >= 0.6 is 34.5 Å². The maximum Gasteiger partial charge on any atom is 0.345 e. The molecule has 1 aromatic heterocycles. The lowest BCUT2D eigenvalue weighted by molar-refractivity contribution is -0.135. The minimum atomic E-state index is -0.785. The summed E-state index contributed by atoms with van der Waals surface area (Å²) in [4.78, 5) is 23.6. The maximum absolute atomic E-state index is 12.1. The molecule has 1 aromatic rings. The molecular formula is C11H10Cl2O4S. The number of rotatable bonds is 5. The van der Waals surface area contributed by atoms with Crippen molar-refractivity contribution in [3.8, 4) is 0 Å². The number of ether oxygens (including phenoxy) is 2. The molecule has 0 saturated heterocycles. The van der Waals surface area contributed by atoms with Crippen molar-refractivity contribution in [3.63, 3.8) is 0 Å². The van der Waals surface area contributed by atoms with Crippen LogP contribution in [0.2, 0.25) is 8.67 Å². The zero-order chi connectivity index (χ0) is 13.7. The summed E-state index contributed by atoms with van der Waals surface area (Å²) < 4.78 is 10.1. The molecule has 98 valence electrons. The molecule has 0 aliphatic rings. The Morgan fingerprint density at radius 3 is 2.56 bits per heavy atom. The van der Waals surface area contributed by atoms with Gasteiger partial charge in [0.05, 0.1) is 23.6 Å². The molecule has 1 rings (SSSR count). The van der Waals surface area contributed by atoms with Gasteiger partial charge >= 0.3 is 5.97 Å². The summed E-state index contributed by atoms with van der Waals surface area (Å²) in [6.07, 6.45) is 1.07. The van der Waals surface area contributed by atoms with Gasteiger partial charge in [-0.3, -0.25) is 4.79 Å². The van der Waals surface area contributed by atoms with Crippen LogP contribution in [0.25, 0.3) is 0 Å². The first-order chi connectivity index (χ1) is 8.51. The van der Waals surface area contributed by atoms with Crippen molar-refractivity contribution in [3.05, 3.63) is 32.1 Å². The van der Waals surface area contributed by atoms with E-state index in [1.54, 1.807) is 6.92 Å². The second-order valence-electron chi connectivity index (χ2n) is 3.05. The van der Waals surface area contributed by atoms with Crippen LogP contribution in [-0.2, 0) is 14.3 Å². The summed E-state index contributed by atoms with van der Waals surface area (Å²) in [6.45, 7) is 2.05. The summed E-state index contributed by atoms with van der Waals surface area (Å²) >= 11 is 12.7. The van der Waals surface area contributed by atoms with Crippen LogP contribution in [0.5, 0.6) is 0 Å². The molecule has 0 spiro atoms. The molecule has 0 radical (unpaired) electrons. The molecule has 0 unspecified atom stereocenters. The number of thiophene rings is 1. The Bertz CT molecular complexity index is 493. The molecule has 0 amide bonds. The van der Waals surface area contributed by atoms with Crippen molar-refractivity contribution in [2.45, 2.75) is 6.92 Å². The predicted molar refractivity (Wildman–Crippen MR) is 70.4 cm³/mol. The van der Waals surface area contributed by atoms with Gasteiger partial charge in [0, 0.05) is 0 Å². The highest BCUT2D eigenvalue weighted by Gasteiger charge is 2.24. The smallest absolute Gasteiger partial charge is 0.345 e. The highest BCUT2D eigenvalue weighted by Crippen LogP contribution is 2.32. The number of hydrogen-bond acceptors (Lipinski definition) is 5. The Balaban J connectivity index is 3.10. The molecule has 0 fully saturated rings.